The van der Waals surface area contributed by atoms with Crippen LogP contribution < -0.4 is 5.32 Å². The van der Waals surface area contributed by atoms with E-state index in [-0.39, 0.29) is 24.4 Å². The summed E-state index contributed by atoms with van der Waals surface area (Å²) in [7, 11) is 1.98. The Bertz CT molecular complexity index is 529. The second-order valence-electron chi connectivity index (χ2n) is 6.95. The first-order valence-corrected chi connectivity index (χ1v) is 8.78. The lowest BCUT2D eigenvalue weighted by atomic mass is 9.92. The van der Waals surface area contributed by atoms with Gasteiger partial charge in [-0.05, 0) is 25.3 Å². The highest BCUT2D eigenvalue weighted by atomic mass is 35.5. The van der Waals surface area contributed by atoms with Gasteiger partial charge in [0.15, 0.2) is 0 Å². The van der Waals surface area contributed by atoms with Crippen molar-refractivity contribution in [2.24, 2.45) is 0 Å². The molecule has 3 unspecified atom stereocenters. The minimum Gasteiger partial charge on any atom is -0.378 e. The highest BCUT2D eigenvalue weighted by Gasteiger charge is 2.34. The Morgan fingerprint density at radius 2 is 2.04 bits per heavy atom. The lowest BCUT2D eigenvalue weighted by Gasteiger charge is -2.32. The Labute approximate surface area is 151 Å². The summed E-state index contributed by atoms with van der Waals surface area (Å²) in [5.74, 6) is 0.706. The van der Waals surface area contributed by atoms with Crippen molar-refractivity contribution < 1.29 is 9.53 Å². The molecule has 1 aliphatic carbocycles. The SMILES string of the molecule is Cc1ccc(C2CCCC2N(C)C(=O)CC2COCCN2)cc1.Cl. The summed E-state index contributed by atoms with van der Waals surface area (Å²) in [6.07, 6.45) is 4.02. The molecule has 1 N–H and O–H groups in total. The first-order chi connectivity index (χ1) is 11.1. The summed E-state index contributed by atoms with van der Waals surface area (Å²) >= 11 is 0. The van der Waals surface area contributed by atoms with E-state index >= 15 is 0 Å². The molecular formula is C19H29ClN2O2. The fourth-order valence-electron chi connectivity index (χ4n) is 3.90. The van der Waals surface area contributed by atoms with Gasteiger partial charge in [0.05, 0.1) is 13.2 Å². The zero-order chi connectivity index (χ0) is 16.2. The molecule has 0 aromatic heterocycles. The summed E-state index contributed by atoms with van der Waals surface area (Å²) in [5, 5.41) is 3.37. The molecule has 2 aliphatic rings. The molecule has 1 saturated heterocycles. The third-order valence-corrected chi connectivity index (χ3v) is 5.30. The van der Waals surface area contributed by atoms with E-state index < -0.39 is 0 Å². The van der Waals surface area contributed by atoms with Crippen LogP contribution in [-0.4, -0.2) is 49.7 Å². The van der Waals surface area contributed by atoms with Crippen molar-refractivity contribution in [3.63, 3.8) is 0 Å². The molecule has 1 amide bonds. The van der Waals surface area contributed by atoms with Gasteiger partial charge in [0.2, 0.25) is 5.91 Å². The number of halogens is 1. The Balaban J connectivity index is 0.00000208. The van der Waals surface area contributed by atoms with Crippen LogP contribution in [0.25, 0.3) is 0 Å². The van der Waals surface area contributed by atoms with E-state index in [1.165, 1.54) is 24.0 Å². The van der Waals surface area contributed by atoms with Crippen LogP contribution in [0.15, 0.2) is 24.3 Å². The van der Waals surface area contributed by atoms with Crippen LogP contribution in [0.4, 0.5) is 0 Å². The molecule has 0 radical (unpaired) electrons. The lowest BCUT2D eigenvalue weighted by molar-refractivity contribution is -0.133. The van der Waals surface area contributed by atoms with Gasteiger partial charge in [0.1, 0.15) is 0 Å². The van der Waals surface area contributed by atoms with E-state index in [0.29, 0.717) is 25.0 Å². The number of likely N-dealkylation sites (N-methyl/N-ethyl adjacent to an activating group) is 1. The molecule has 1 aromatic carbocycles. The van der Waals surface area contributed by atoms with E-state index in [1.54, 1.807) is 0 Å². The first kappa shape index (κ1) is 19.2. The van der Waals surface area contributed by atoms with Crippen LogP contribution in [-0.2, 0) is 9.53 Å². The maximum Gasteiger partial charge on any atom is 0.224 e. The monoisotopic (exact) mass is 352 g/mol. The highest BCUT2D eigenvalue weighted by Crippen LogP contribution is 2.37. The van der Waals surface area contributed by atoms with Crippen molar-refractivity contribution in [3.8, 4) is 0 Å². The average Bonchev–Trinajstić information content (AvgIpc) is 3.05. The fourth-order valence-corrected chi connectivity index (χ4v) is 3.90. The number of morpholine rings is 1. The normalized spacial score (nSPS) is 26.7. The van der Waals surface area contributed by atoms with E-state index in [9.17, 15) is 4.79 Å². The molecule has 0 bridgehead atoms. The molecule has 24 heavy (non-hydrogen) atoms. The van der Waals surface area contributed by atoms with Gasteiger partial charge in [-0.2, -0.15) is 0 Å². The predicted octanol–water partition coefficient (Wildman–Crippen LogP) is 2.89. The number of hydrogen-bond donors (Lipinski definition) is 1. The third-order valence-electron chi connectivity index (χ3n) is 5.30. The molecule has 134 valence electrons. The first-order valence-electron chi connectivity index (χ1n) is 8.78. The van der Waals surface area contributed by atoms with E-state index in [4.69, 9.17) is 4.74 Å². The number of hydrogen-bond acceptors (Lipinski definition) is 3. The number of nitrogens with zero attached hydrogens (tertiary/aromatic N) is 1. The number of ether oxygens (including phenoxy) is 1. The predicted molar refractivity (Wildman–Crippen MR) is 98.8 cm³/mol. The molecule has 2 fully saturated rings. The number of carbonyl (C=O) groups excluding carboxylic acids is 1. The molecular weight excluding hydrogens is 324 g/mol. The summed E-state index contributed by atoms with van der Waals surface area (Å²) in [5.41, 5.74) is 2.66. The highest BCUT2D eigenvalue weighted by molar-refractivity contribution is 5.85. The third kappa shape index (κ3) is 4.50. The maximum atomic E-state index is 12.7. The fraction of sp³-hybridized carbons (Fsp3) is 0.632. The summed E-state index contributed by atoms with van der Waals surface area (Å²) in [4.78, 5) is 14.7. The molecule has 1 saturated carbocycles. The van der Waals surface area contributed by atoms with Crippen LogP contribution in [0.2, 0.25) is 0 Å². The van der Waals surface area contributed by atoms with Crippen LogP contribution in [0, 0.1) is 6.92 Å². The summed E-state index contributed by atoms with van der Waals surface area (Å²) in [6, 6.07) is 9.30. The van der Waals surface area contributed by atoms with Crippen molar-refractivity contribution in [2.45, 2.75) is 50.6 Å². The second-order valence-corrected chi connectivity index (χ2v) is 6.95. The van der Waals surface area contributed by atoms with Gasteiger partial charge < -0.3 is 15.0 Å². The van der Waals surface area contributed by atoms with Crippen LogP contribution >= 0.6 is 12.4 Å². The van der Waals surface area contributed by atoms with E-state index in [2.05, 4.69) is 36.5 Å². The quantitative estimate of drug-likeness (QED) is 0.906. The van der Waals surface area contributed by atoms with Crippen molar-refractivity contribution in [1.82, 2.24) is 10.2 Å². The standard InChI is InChI=1S/C19H28N2O2.ClH/c1-14-6-8-15(9-7-14)17-4-3-5-18(17)21(2)19(22)12-16-13-23-11-10-20-16;/h6-9,16-18,20H,3-5,10-13H2,1-2H3;1H. The van der Waals surface area contributed by atoms with Crippen molar-refractivity contribution >= 4 is 18.3 Å². The van der Waals surface area contributed by atoms with Gasteiger partial charge in [0, 0.05) is 38.0 Å². The number of rotatable bonds is 4. The number of aryl methyl sites for hydroxylation is 1. The smallest absolute Gasteiger partial charge is 0.224 e. The summed E-state index contributed by atoms with van der Waals surface area (Å²) < 4.78 is 5.46. The van der Waals surface area contributed by atoms with Crippen molar-refractivity contribution in [1.29, 1.82) is 0 Å². The lowest BCUT2D eigenvalue weighted by Crippen LogP contribution is -2.46. The Hall–Kier alpha value is -1.10. The van der Waals surface area contributed by atoms with Gasteiger partial charge in [-0.1, -0.05) is 36.2 Å². The van der Waals surface area contributed by atoms with Crippen LogP contribution in [0.1, 0.15) is 42.7 Å². The minimum absolute atomic E-state index is 0. The van der Waals surface area contributed by atoms with Crippen molar-refractivity contribution in [3.05, 3.63) is 35.4 Å². The Kier molecular flexibility index (Phi) is 7.08. The Morgan fingerprint density at radius 1 is 1.29 bits per heavy atom. The molecule has 4 nitrogen and oxygen atoms in total. The molecule has 3 rings (SSSR count). The zero-order valence-corrected chi connectivity index (χ0v) is 15.5. The van der Waals surface area contributed by atoms with E-state index in [0.717, 1.165) is 19.6 Å². The summed E-state index contributed by atoms with van der Waals surface area (Å²) in [6.45, 7) is 4.35. The average molecular weight is 353 g/mol. The van der Waals surface area contributed by atoms with Gasteiger partial charge >= 0.3 is 0 Å². The van der Waals surface area contributed by atoms with Crippen LogP contribution in [0.5, 0.6) is 0 Å². The number of amides is 1. The Morgan fingerprint density at radius 3 is 2.71 bits per heavy atom. The number of benzene rings is 1. The molecule has 5 heteroatoms. The van der Waals surface area contributed by atoms with Gasteiger partial charge in [0.25, 0.3) is 0 Å². The topological polar surface area (TPSA) is 41.6 Å². The second kappa shape index (κ2) is 8.84. The zero-order valence-electron chi connectivity index (χ0n) is 14.7. The minimum atomic E-state index is 0. The molecule has 3 atom stereocenters. The van der Waals surface area contributed by atoms with E-state index in [1.807, 2.05) is 11.9 Å². The van der Waals surface area contributed by atoms with Crippen LogP contribution in [0.3, 0.4) is 0 Å². The number of carbonyl (C=O) groups is 1. The van der Waals surface area contributed by atoms with Gasteiger partial charge in [-0.15, -0.1) is 12.4 Å². The maximum absolute atomic E-state index is 12.7. The largest absolute Gasteiger partial charge is 0.378 e. The molecule has 1 aliphatic heterocycles. The van der Waals surface area contributed by atoms with Gasteiger partial charge in [-0.25, -0.2) is 0 Å². The number of nitrogens with one attached hydrogen (secondary N) is 1. The van der Waals surface area contributed by atoms with Crippen molar-refractivity contribution in [2.75, 3.05) is 26.8 Å². The van der Waals surface area contributed by atoms with Gasteiger partial charge in [-0.3, -0.25) is 4.79 Å². The molecule has 1 aromatic rings. The molecule has 1 heterocycles. The molecule has 0 spiro atoms.